The van der Waals surface area contributed by atoms with Crippen LogP contribution in [0.5, 0.6) is 23.0 Å². The summed E-state index contributed by atoms with van der Waals surface area (Å²) in [6.07, 6.45) is 0.947. The molecular weight excluding hydrogens is 440 g/mol. The molecule has 2 unspecified atom stereocenters. The summed E-state index contributed by atoms with van der Waals surface area (Å²) in [7, 11) is 5.06. The van der Waals surface area contributed by atoms with Gasteiger partial charge in [-0.2, -0.15) is 0 Å². The molecule has 0 saturated carbocycles. The van der Waals surface area contributed by atoms with Crippen molar-refractivity contribution in [2.75, 3.05) is 34.5 Å². The van der Waals surface area contributed by atoms with Crippen LogP contribution in [0.15, 0.2) is 60.7 Å². The van der Waals surface area contributed by atoms with Gasteiger partial charge in [-0.1, -0.05) is 43.3 Å². The topological polar surface area (TPSA) is 64.7 Å². The van der Waals surface area contributed by atoms with Crippen LogP contribution in [0.3, 0.4) is 0 Å². The number of hydrogen-bond donors (Lipinski definition) is 2. The highest BCUT2D eigenvalue weighted by atomic mass is 16.5. The van der Waals surface area contributed by atoms with Crippen LogP contribution in [-0.2, 0) is 0 Å². The molecule has 35 heavy (non-hydrogen) atoms. The number of fused-ring (bicyclic) bond motifs is 3. The Bertz CT molecular complexity index is 1330. The van der Waals surface area contributed by atoms with Crippen LogP contribution >= 0.6 is 0 Å². The number of benzene rings is 3. The standard InChI is InChI=1S/C29H32N2O4/c1-5-15-35-23-14-13-18(16-25(23)33-3)27-28-26(20-9-6-7-11-22(20)31-28)21(17-30-27)19-10-8-12-24(32-2)29(19)34-4/h6-14,16,21,27,30-31H,5,15,17H2,1-4H3. The fourth-order valence-corrected chi connectivity index (χ4v) is 5.16. The second-order valence-corrected chi connectivity index (χ2v) is 8.73. The third kappa shape index (κ3) is 4.08. The number of hydrogen-bond acceptors (Lipinski definition) is 5. The van der Waals surface area contributed by atoms with E-state index in [4.69, 9.17) is 18.9 Å². The predicted octanol–water partition coefficient (Wildman–Crippen LogP) is 5.81. The second-order valence-electron chi connectivity index (χ2n) is 8.73. The zero-order valence-corrected chi connectivity index (χ0v) is 20.7. The Labute approximate surface area is 206 Å². The SMILES string of the molecule is CCCOc1ccc(C2NCC(c3cccc(OC)c3OC)c3c2[nH]c2ccccc32)cc1OC. The lowest BCUT2D eigenvalue weighted by molar-refractivity contribution is 0.294. The molecule has 1 aliphatic rings. The average Bonchev–Trinajstić information content (AvgIpc) is 3.30. The zero-order chi connectivity index (χ0) is 24.4. The molecule has 0 radical (unpaired) electrons. The molecule has 3 aromatic carbocycles. The summed E-state index contributed by atoms with van der Waals surface area (Å²) >= 11 is 0. The summed E-state index contributed by atoms with van der Waals surface area (Å²) in [5, 5.41) is 5.00. The van der Waals surface area contributed by atoms with Crippen LogP contribution < -0.4 is 24.3 Å². The highest BCUT2D eigenvalue weighted by Gasteiger charge is 2.34. The van der Waals surface area contributed by atoms with Gasteiger partial charge in [0.1, 0.15) is 0 Å². The summed E-state index contributed by atoms with van der Waals surface area (Å²) in [5.41, 5.74) is 5.77. The first-order chi connectivity index (χ1) is 17.2. The molecule has 0 saturated heterocycles. The third-order valence-electron chi connectivity index (χ3n) is 6.73. The van der Waals surface area contributed by atoms with E-state index in [0.29, 0.717) is 6.61 Å². The van der Waals surface area contributed by atoms with Gasteiger partial charge in [0.25, 0.3) is 0 Å². The minimum absolute atomic E-state index is 0.0145. The van der Waals surface area contributed by atoms with Gasteiger partial charge in [-0.3, -0.25) is 0 Å². The fourth-order valence-electron chi connectivity index (χ4n) is 5.16. The Morgan fingerprint density at radius 2 is 1.69 bits per heavy atom. The van der Waals surface area contributed by atoms with Crippen molar-refractivity contribution in [3.05, 3.63) is 83.0 Å². The number of ether oxygens (including phenoxy) is 4. The van der Waals surface area contributed by atoms with Gasteiger partial charge < -0.3 is 29.2 Å². The number of para-hydroxylation sites is 2. The highest BCUT2D eigenvalue weighted by molar-refractivity contribution is 5.87. The maximum Gasteiger partial charge on any atom is 0.164 e. The van der Waals surface area contributed by atoms with Crippen molar-refractivity contribution in [1.29, 1.82) is 0 Å². The van der Waals surface area contributed by atoms with Crippen molar-refractivity contribution < 1.29 is 18.9 Å². The number of nitrogens with one attached hydrogen (secondary N) is 2. The van der Waals surface area contributed by atoms with Crippen LogP contribution in [0.25, 0.3) is 10.9 Å². The zero-order valence-electron chi connectivity index (χ0n) is 20.7. The number of methoxy groups -OCH3 is 3. The van der Waals surface area contributed by atoms with Crippen LogP contribution in [0.4, 0.5) is 0 Å². The monoisotopic (exact) mass is 472 g/mol. The summed E-state index contributed by atoms with van der Waals surface area (Å²) in [4.78, 5) is 3.71. The largest absolute Gasteiger partial charge is 0.493 e. The van der Waals surface area contributed by atoms with Crippen molar-refractivity contribution in [2.24, 2.45) is 0 Å². The van der Waals surface area contributed by atoms with E-state index in [9.17, 15) is 0 Å². The lowest BCUT2D eigenvalue weighted by Gasteiger charge is -2.32. The van der Waals surface area contributed by atoms with Crippen LogP contribution in [0.1, 0.15) is 47.7 Å². The molecule has 5 rings (SSSR count). The molecule has 2 atom stereocenters. The van der Waals surface area contributed by atoms with E-state index in [1.165, 1.54) is 10.9 Å². The fraction of sp³-hybridized carbons (Fsp3) is 0.310. The summed E-state index contributed by atoms with van der Waals surface area (Å²) in [6.45, 7) is 3.50. The van der Waals surface area contributed by atoms with Gasteiger partial charge in [-0.25, -0.2) is 0 Å². The molecule has 0 aliphatic carbocycles. The van der Waals surface area contributed by atoms with E-state index in [1.54, 1.807) is 21.3 Å². The van der Waals surface area contributed by atoms with E-state index < -0.39 is 0 Å². The lowest BCUT2D eigenvalue weighted by atomic mass is 9.82. The van der Waals surface area contributed by atoms with Crippen molar-refractivity contribution in [2.45, 2.75) is 25.3 Å². The third-order valence-corrected chi connectivity index (χ3v) is 6.73. The van der Waals surface area contributed by atoms with Gasteiger partial charge in [0.2, 0.25) is 0 Å². The molecule has 0 bridgehead atoms. The molecule has 2 heterocycles. The number of rotatable bonds is 8. The smallest absolute Gasteiger partial charge is 0.164 e. The van der Waals surface area contributed by atoms with Gasteiger partial charge in [-0.05, 0) is 41.8 Å². The number of aromatic amines is 1. The maximum absolute atomic E-state index is 5.88. The van der Waals surface area contributed by atoms with Gasteiger partial charge in [-0.15, -0.1) is 0 Å². The molecule has 182 valence electrons. The normalized spacial score (nSPS) is 17.1. The molecule has 1 aliphatic heterocycles. The van der Waals surface area contributed by atoms with E-state index in [0.717, 1.165) is 58.3 Å². The van der Waals surface area contributed by atoms with Gasteiger partial charge in [0.15, 0.2) is 23.0 Å². The van der Waals surface area contributed by atoms with Crippen molar-refractivity contribution in [1.82, 2.24) is 10.3 Å². The van der Waals surface area contributed by atoms with Crippen LogP contribution in [-0.4, -0.2) is 39.5 Å². The quantitative estimate of drug-likeness (QED) is 0.339. The van der Waals surface area contributed by atoms with Gasteiger partial charge in [0, 0.05) is 34.6 Å². The predicted molar refractivity (Wildman–Crippen MR) is 138 cm³/mol. The van der Waals surface area contributed by atoms with E-state index >= 15 is 0 Å². The number of aromatic nitrogens is 1. The maximum atomic E-state index is 5.88. The van der Waals surface area contributed by atoms with E-state index in [-0.39, 0.29) is 12.0 Å². The molecule has 0 spiro atoms. The molecule has 2 N–H and O–H groups in total. The van der Waals surface area contributed by atoms with Crippen LogP contribution in [0, 0.1) is 0 Å². The lowest BCUT2D eigenvalue weighted by Crippen LogP contribution is -2.34. The molecule has 4 aromatic rings. The second kappa shape index (κ2) is 9.92. The number of H-pyrrole nitrogens is 1. The Morgan fingerprint density at radius 1 is 0.857 bits per heavy atom. The minimum atomic E-state index is -0.0145. The molecule has 6 heteroatoms. The molecule has 1 aromatic heterocycles. The summed E-state index contributed by atoms with van der Waals surface area (Å²) in [6, 6.07) is 20.8. The van der Waals surface area contributed by atoms with Gasteiger partial charge in [0.05, 0.1) is 34.0 Å². The first-order valence-electron chi connectivity index (χ1n) is 12.1. The van der Waals surface area contributed by atoms with Crippen molar-refractivity contribution in [3.8, 4) is 23.0 Å². The summed E-state index contributed by atoms with van der Waals surface area (Å²) < 4.78 is 23.0. The Morgan fingerprint density at radius 3 is 2.46 bits per heavy atom. The van der Waals surface area contributed by atoms with E-state index in [2.05, 4.69) is 59.7 Å². The van der Waals surface area contributed by atoms with Gasteiger partial charge >= 0.3 is 0 Å². The first kappa shape index (κ1) is 23.1. The Balaban J connectivity index is 1.63. The Kier molecular flexibility index (Phi) is 6.55. The van der Waals surface area contributed by atoms with Crippen molar-refractivity contribution in [3.63, 3.8) is 0 Å². The van der Waals surface area contributed by atoms with E-state index in [1.807, 2.05) is 18.2 Å². The van der Waals surface area contributed by atoms with Crippen LogP contribution in [0.2, 0.25) is 0 Å². The summed E-state index contributed by atoms with van der Waals surface area (Å²) in [5.74, 6) is 3.12. The average molecular weight is 473 g/mol. The molecule has 6 nitrogen and oxygen atoms in total. The molecule has 0 amide bonds. The highest BCUT2D eigenvalue weighted by Crippen LogP contribution is 2.46. The minimum Gasteiger partial charge on any atom is -0.493 e. The molecule has 0 fully saturated rings. The first-order valence-corrected chi connectivity index (χ1v) is 12.1. The molecular formula is C29H32N2O4. The Hall–Kier alpha value is -3.64. The van der Waals surface area contributed by atoms with Crippen molar-refractivity contribution >= 4 is 10.9 Å².